The Morgan fingerprint density at radius 3 is 2.33 bits per heavy atom. The van der Waals surface area contributed by atoms with Crippen molar-refractivity contribution in [1.29, 1.82) is 5.26 Å². The van der Waals surface area contributed by atoms with Gasteiger partial charge in [0.15, 0.2) is 0 Å². The van der Waals surface area contributed by atoms with Crippen LogP contribution in [0.15, 0.2) is 11.3 Å². The molecule has 0 N–H and O–H groups in total. The molecule has 0 atom stereocenters. The first kappa shape index (κ1) is 11.4. The maximum atomic E-state index is 8.88. The van der Waals surface area contributed by atoms with Crippen molar-refractivity contribution in [2.24, 2.45) is 0 Å². The highest BCUT2D eigenvalue weighted by Gasteiger charge is 2.18. The zero-order valence-corrected chi connectivity index (χ0v) is 9.65. The van der Waals surface area contributed by atoms with E-state index in [0.29, 0.717) is 0 Å². The molecule has 0 amide bonds. The zero-order valence-electron chi connectivity index (χ0n) is 8.65. The molecular formula is C10H19NSi. The highest BCUT2D eigenvalue weighted by atomic mass is 28.3. The first-order valence-electron chi connectivity index (χ1n) is 4.63. The topological polar surface area (TPSA) is 23.8 Å². The number of nitrogens with zero attached hydrogens (tertiary/aromatic N) is 1. The van der Waals surface area contributed by atoms with Gasteiger partial charge in [-0.15, -0.1) is 0 Å². The Bertz CT molecular complexity index is 193. The van der Waals surface area contributed by atoms with Gasteiger partial charge in [-0.3, -0.25) is 0 Å². The second-order valence-electron chi connectivity index (χ2n) is 4.12. The van der Waals surface area contributed by atoms with Crippen LogP contribution in [0.1, 0.15) is 26.2 Å². The van der Waals surface area contributed by atoms with Crippen molar-refractivity contribution in [2.75, 3.05) is 0 Å². The van der Waals surface area contributed by atoms with E-state index in [-0.39, 0.29) is 0 Å². The molecule has 0 heterocycles. The van der Waals surface area contributed by atoms with E-state index in [1.165, 1.54) is 12.8 Å². The van der Waals surface area contributed by atoms with E-state index in [2.05, 4.69) is 38.7 Å². The third-order valence-corrected chi connectivity index (χ3v) is 3.77. The number of unbranched alkanes of at least 4 members (excludes halogenated alkanes) is 2. The van der Waals surface area contributed by atoms with Crippen LogP contribution in [-0.2, 0) is 0 Å². The molecule has 0 aliphatic heterocycles. The summed E-state index contributed by atoms with van der Waals surface area (Å²) in [6.07, 6.45) is 5.62. The largest absolute Gasteiger partial charge is 0.193 e. The van der Waals surface area contributed by atoms with Gasteiger partial charge >= 0.3 is 0 Å². The number of hydrogen-bond acceptors (Lipinski definition) is 1. The lowest BCUT2D eigenvalue weighted by Crippen LogP contribution is -2.22. The van der Waals surface area contributed by atoms with E-state index < -0.39 is 8.07 Å². The molecule has 0 aliphatic rings. The third kappa shape index (κ3) is 4.35. The smallest absolute Gasteiger partial charge is 0.0907 e. The van der Waals surface area contributed by atoms with Gasteiger partial charge in [-0.1, -0.05) is 45.5 Å². The van der Waals surface area contributed by atoms with Crippen molar-refractivity contribution in [1.82, 2.24) is 0 Å². The van der Waals surface area contributed by atoms with Crippen LogP contribution >= 0.6 is 0 Å². The Morgan fingerprint density at radius 1 is 1.42 bits per heavy atom. The minimum absolute atomic E-state index is 1.05. The Kier molecular flexibility index (Phi) is 4.92. The van der Waals surface area contributed by atoms with Gasteiger partial charge in [0.2, 0.25) is 0 Å². The van der Waals surface area contributed by atoms with Crippen LogP contribution in [0.2, 0.25) is 19.6 Å². The average molecular weight is 181 g/mol. The van der Waals surface area contributed by atoms with Crippen molar-refractivity contribution in [3.8, 4) is 6.07 Å². The number of allylic oxidation sites excluding steroid dienone is 2. The van der Waals surface area contributed by atoms with Crippen LogP contribution in [0.5, 0.6) is 0 Å². The van der Waals surface area contributed by atoms with E-state index in [4.69, 9.17) is 5.26 Å². The second-order valence-corrected chi connectivity index (χ2v) is 9.16. The lowest BCUT2D eigenvalue weighted by molar-refractivity contribution is 0.814. The molecule has 0 aromatic heterocycles. The maximum Gasteiger partial charge on any atom is 0.0907 e. The van der Waals surface area contributed by atoms with Crippen LogP contribution in [0.25, 0.3) is 0 Å². The summed E-state index contributed by atoms with van der Waals surface area (Å²) < 4.78 is 0. The molecule has 0 unspecified atom stereocenters. The molecular weight excluding hydrogens is 162 g/mol. The van der Waals surface area contributed by atoms with Gasteiger partial charge in [0.05, 0.1) is 14.1 Å². The number of hydrogen-bond donors (Lipinski definition) is 0. The quantitative estimate of drug-likeness (QED) is 0.370. The molecule has 0 rings (SSSR count). The van der Waals surface area contributed by atoms with Gasteiger partial charge in [0.25, 0.3) is 0 Å². The van der Waals surface area contributed by atoms with Crippen molar-refractivity contribution in [2.45, 2.75) is 45.8 Å². The molecule has 0 spiro atoms. The SMILES string of the molecule is CCCCC=C(C#N)[Si](C)(C)C. The molecule has 0 aromatic carbocycles. The van der Waals surface area contributed by atoms with Crippen LogP contribution in [-0.4, -0.2) is 8.07 Å². The lowest BCUT2D eigenvalue weighted by Gasteiger charge is -2.13. The van der Waals surface area contributed by atoms with Crippen molar-refractivity contribution >= 4 is 8.07 Å². The molecule has 68 valence electrons. The van der Waals surface area contributed by atoms with E-state index in [0.717, 1.165) is 11.6 Å². The average Bonchev–Trinajstić information content (AvgIpc) is 1.95. The van der Waals surface area contributed by atoms with E-state index in [9.17, 15) is 0 Å². The highest BCUT2D eigenvalue weighted by molar-refractivity contribution is 6.84. The molecule has 0 aromatic rings. The Hall–Kier alpha value is -0.553. The maximum absolute atomic E-state index is 8.88. The monoisotopic (exact) mass is 181 g/mol. The molecule has 2 heteroatoms. The fraction of sp³-hybridized carbons (Fsp3) is 0.700. The summed E-state index contributed by atoms with van der Waals surface area (Å²) in [7, 11) is -1.34. The minimum Gasteiger partial charge on any atom is -0.193 e. The van der Waals surface area contributed by atoms with Gasteiger partial charge in [-0.25, -0.2) is 0 Å². The Labute approximate surface area is 77.1 Å². The van der Waals surface area contributed by atoms with Crippen LogP contribution in [0.4, 0.5) is 0 Å². The van der Waals surface area contributed by atoms with Crippen molar-refractivity contribution < 1.29 is 0 Å². The summed E-state index contributed by atoms with van der Waals surface area (Å²) in [6, 6.07) is 2.32. The fourth-order valence-electron chi connectivity index (χ4n) is 0.970. The molecule has 12 heavy (non-hydrogen) atoms. The predicted molar refractivity (Wildman–Crippen MR) is 56.6 cm³/mol. The normalized spacial score (nSPS) is 12.8. The first-order chi connectivity index (χ1) is 5.52. The zero-order chi connectivity index (χ0) is 9.61. The van der Waals surface area contributed by atoms with Gasteiger partial charge in [0, 0.05) is 5.20 Å². The number of nitriles is 1. The number of rotatable bonds is 4. The summed E-state index contributed by atoms with van der Waals surface area (Å²) >= 11 is 0. The third-order valence-electron chi connectivity index (χ3n) is 1.83. The minimum atomic E-state index is -1.34. The molecule has 0 aliphatic carbocycles. The Morgan fingerprint density at radius 2 is 2.00 bits per heavy atom. The van der Waals surface area contributed by atoms with Crippen LogP contribution in [0.3, 0.4) is 0 Å². The standard InChI is InChI=1S/C10H19NSi/c1-5-6-7-8-10(9-11)12(2,3)4/h8H,5-7H2,1-4H3. The Balaban J connectivity index is 4.18. The lowest BCUT2D eigenvalue weighted by atomic mass is 10.2. The van der Waals surface area contributed by atoms with Crippen molar-refractivity contribution in [3.63, 3.8) is 0 Å². The van der Waals surface area contributed by atoms with Gasteiger partial charge in [-0.05, 0) is 6.42 Å². The van der Waals surface area contributed by atoms with E-state index in [1.54, 1.807) is 0 Å². The predicted octanol–water partition coefficient (Wildman–Crippen LogP) is 3.50. The molecule has 1 nitrogen and oxygen atoms in total. The molecule has 0 saturated carbocycles. The molecule has 0 radical (unpaired) electrons. The summed E-state index contributed by atoms with van der Waals surface area (Å²) in [5, 5.41) is 9.93. The fourth-order valence-corrected chi connectivity index (χ4v) is 2.06. The molecule has 0 saturated heterocycles. The van der Waals surface area contributed by atoms with E-state index in [1.807, 2.05) is 0 Å². The molecule has 0 bridgehead atoms. The van der Waals surface area contributed by atoms with Crippen LogP contribution in [0, 0.1) is 11.3 Å². The van der Waals surface area contributed by atoms with Crippen LogP contribution < -0.4 is 0 Å². The van der Waals surface area contributed by atoms with Gasteiger partial charge in [-0.2, -0.15) is 5.26 Å². The first-order valence-corrected chi connectivity index (χ1v) is 8.13. The van der Waals surface area contributed by atoms with Gasteiger partial charge < -0.3 is 0 Å². The summed E-state index contributed by atoms with van der Waals surface area (Å²) in [6.45, 7) is 8.82. The molecule has 0 fully saturated rings. The van der Waals surface area contributed by atoms with Gasteiger partial charge in [0.1, 0.15) is 0 Å². The summed E-state index contributed by atoms with van der Waals surface area (Å²) in [5.41, 5.74) is 0. The highest BCUT2D eigenvalue weighted by Crippen LogP contribution is 2.14. The summed E-state index contributed by atoms with van der Waals surface area (Å²) in [5.74, 6) is 0. The van der Waals surface area contributed by atoms with E-state index >= 15 is 0 Å². The van der Waals surface area contributed by atoms with Crippen molar-refractivity contribution in [3.05, 3.63) is 11.3 Å². The second kappa shape index (κ2) is 5.16. The summed E-state index contributed by atoms with van der Waals surface area (Å²) in [4.78, 5) is 0.